The van der Waals surface area contributed by atoms with Crippen molar-refractivity contribution in [2.24, 2.45) is 22.6 Å². The third kappa shape index (κ3) is 20.2. The van der Waals surface area contributed by atoms with Gasteiger partial charge in [-0.2, -0.15) is 0 Å². The molecular weight excluding hydrogens is 322 g/mol. The Labute approximate surface area is 152 Å². The molecule has 4 N–H and O–H groups in total. The monoisotopic (exact) mass is 359 g/mol. The van der Waals surface area contributed by atoms with Crippen molar-refractivity contribution < 1.29 is 19.4 Å². The Hall–Kier alpha value is -1.79. The molecule has 0 heterocycles. The lowest BCUT2D eigenvalue weighted by atomic mass is 9.94. The van der Waals surface area contributed by atoms with E-state index in [-0.39, 0.29) is 18.5 Å². The predicted octanol–water partition coefficient (Wildman–Crippen LogP) is 2.79. The summed E-state index contributed by atoms with van der Waals surface area (Å²) in [5.74, 6) is 0.567. The number of nitrogens with zero attached hydrogens (tertiary/aromatic N) is 1. The quantitative estimate of drug-likeness (QED) is 0.297. The third-order valence-corrected chi connectivity index (χ3v) is 3.86. The number of aliphatic imine (C=N–C) groups is 1. The molecule has 0 aliphatic heterocycles. The van der Waals surface area contributed by atoms with Gasteiger partial charge in [0.05, 0.1) is 7.11 Å². The molecule has 7 heteroatoms. The number of hydrogen-bond donors (Lipinski definition) is 3. The smallest absolute Gasteiger partial charge is 0.325 e. The van der Waals surface area contributed by atoms with E-state index in [0.717, 1.165) is 25.3 Å². The van der Waals surface area contributed by atoms with Gasteiger partial charge in [-0.1, -0.05) is 47.0 Å². The number of esters is 1. The Morgan fingerprint density at radius 3 is 2.20 bits per heavy atom. The van der Waals surface area contributed by atoms with Crippen LogP contribution < -0.4 is 11.1 Å². The third-order valence-electron chi connectivity index (χ3n) is 3.86. The first-order chi connectivity index (χ1) is 11.8. The molecule has 0 aromatic carbocycles. The topological polar surface area (TPSA) is 114 Å². The van der Waals surface area contributed by atoms with Crippen molar-refractivity contribution in [3.05, 3.63) is 0 Å². The lowest BCUT2D eigenvalue weighted by molar-refractivity contribution is -0.140. The molecule has 25 heavy (non-hydrogen) atoms. The Balaban J connectivity index is 0. The first kappa shape index (κ1) is 25.5. The Morgan fingerprint density at radius 1 is 1.16 bits per heavy atom. The molecule has 0 aliphatic rings. The molecule has 148 valence electrons. The summed E-state index contributed by atoms with van der Waals surface area (Å²) in [5, 5.41) is 11.4. The van der Waals surface area contributed by atoms with Crippen LogP contribution in [-0.2, 0) is 14.3 Å². The molecule has 0 aliphatic carbocycles. The number of nitrogens with one attached hydrogen (secondary N) is 1. The van der Waals surface area contributed by atoms with Crippen molar-refractivity contribution in [3.63, 3.8) is 0 Å². The Kier molecular flexibility index (Phi) is 17.4. The normalized spacial score (nSPS) is 13.2. The molecule has 0 fully saturated rings. The van der Waals surface area contributed by atoms with Crippen molar-refractivity contribution in [1.82, 2.24) is 5.32 Å². The van der Waals surface area contributed by atoms with Gasteiger partial charge in [0, 0.05) is 13.0 Å². The van der Waals surface area contributed by atoms with Crippen LogP contribution in [0.1, 0.15) is 66.2 Å². The van der Waals surface area contributed by atoms with Crippen LogP contribution >= 0.6 is 0 Å². The number of nitrogens with two attached hydrogens (primary N) is 1. The first-order valence-electron chi connectivity index (χ1n) is 9.09. The van der Waals surface area contributed by atoms with Crippen LogP contribution in [0.5, 0.6) is 0 Å². The second-order valence-electron chi connectivity index (χ2n) is 6.33. The number of aliphatic carboxylic acids is 1. The fourth-order valence-corrected chi connectivity index (χ4v) is 1.88. The van der Waals surface area contributed by atoms with Gasteiger partial charge in [-0.25, -0.2) is 4.99 Å². The van der Waals surface area contributed by atoms with E-state index >= 15 is 0 Å². The van der Waals surface area contributed by atoms with Crippen LogP contribution in [0.15, 0.2) is 4.99 Å². The molecule has 0 aromatic rings. The number of carboxylic acids is 1. The standard InChI is InChI=1S/C13H27N3O2.C5H10O2/c1-4-10(2)5-6-11(3)7-8-15-13(14)16-9-12(17)18;1-3-4-5(6)7-2/h10-11H,4-9H2,1-3H3,(H,17,18)(H3,14,15,16);3-4H2,1-2H3. The fraction of sp³-hybridized carbons (Fsp3) is 0.833. The Morgan fingerprint density at radius 2 is 1.76 bits per heavy atom. The highest BCUT2D eigenvalue weighted by Gasteiger charge is 2.05. The number of carbonyl (C=O) groups is 2. The average Bonchev–Trinajstić information content (AvgIpc) is 2.58. The lowest BCUT2D eigenvalue weighted by Gasteiger charge is -2.14. The second kappa shape index (κ2) is 17.0. The predicted molar refractivity (Wildman–Crippen MR) is 102 cm³/mol. The maximum absolute atomic E-state index is 10.3. The number of rotatable bonds is 11. The second-order valence-corrected chi connectivity index (χ2v) is 6.33. The number of carboxylic acid groups (broad SMARTS) is 1. The van der Waals surface area contributed by atoms with Crippen LogP contribution in [0.4, 0.5) is 0 Å². The molecule has 0 rings (SSSR count). The van der Waals surface area contributed by atoms with Gasteiger partial charge < -0.3 is 20.9 Å². The van der Waals surface area contributed by atoms with Gasteiger partial charge >= 0.3 is 11.9 Å². The summed E-state index contributed by atoms with van der Waals surface area (Å²) in [6.07, 6.45) is 6.16. The van der Waals surface area contributed by atoms with Crippen LogP contribution in [-0.4, -0.2) is 43.2 Å². The minimum Gasteiger partial charge on any atom is -0.480 e. The molecule has 0 aromatic heterocycles. The molecule has 0 saturated carbocycles. The van der Waals surface area contributed by atoms with Gasteiger partial charge in [0.2, 0.25) is 0 Å². The summed E-state index contributed by atoms with van der Waals surface area (Å²) < 4.78 is 4.35. The van der Waals surface area contributed by atoms with Gasteiger partial charge in [0.25, 0.3) is 0 Å². The largest absolute Gasteiger partial charge is 0.480 e. The van der Waals surface area contributed by atoms with E-state index in [1.807, 2.05) is 6.92 Å². The average molecular weight is 360 g/mol. The molecule has 2 atom stereocenters. The molecule has 0 amide bonds. The Bertz CT molecular complexity index is 387. The van der Waals surface area contributed by atoms with Crippen LogP contribution in [0.2, 0.25) is 0 Å². The molecule has 0 radical (unpaired) electrons. The molecule has 7 nitrogen and oxygen atoms in total. The van der Waals surface area contributed by atoms with Crippen molar-refractivity contribution in [3.8, 4) is 0 Å². The first-order valence-corrected chi connectivity index (χ1v) is 9.09. The van der Waals surface area contributed by atoms with Gasteiger partial charge in [0.15, 0.2) is 5.96 Å². The van der Waals surface area contributed by atoms with E-state index < -0.39 is 5.97 Å². The highest BCUT2D eigenvalue weighted by atomic mass is 16.5. The van der Waals surface area contributed by atoms with Gasteiger partial charge in [-0.3, -0.25) is 9.59 Å². The lowest BCUT2D eigenvalue weighted by Crippen LogP contribution is -2.33. The summed E-state index contributed by atoms with van der Waals surface area (Å²) >= 11 is 0. The van der Waals surface area contributed by atoms with Crippen molar-refractivity contribution in [2.45, 2.75) is 66.2 Å². The maximum atomic E-state index is 10.3. The van der Waals surface area contributed by atoms with Crippen LogP contribution in [0.25, 0.3) is 0 Å². The van der Waals surface area contributed by atoms with Crippen molar-refractivity contribution in [2.75, 3.05) is 20.2 Å². The SMILES string of the molecule is CCC(C)CCC(C)CCNC(N)=NCC(=O)O.CCCC(=O)OC. The zero-order valence-electron chi connectivity index (χ0n) is 16.5. The number of ether oxygens (including phenoxy) is 1. The number of guanidine groups is 1. The molecule has 2 unspecified atom stereocenters. The molecule has 0 spiro atoms. The van der Waals surface area contributed by atoms with Crippen LogP contribution in [0, 0.1) is 11.8 Å². The highest BCUT2D eigenvalue weighted by Crippen LogP contribution is 2.16. The maximum Gasteiger partial charge on any atom is 0.325 e. The molecule has 0 bridgehead atoms. The number of methoxy groups -OCH3 is 1. The van der Waals surface area contributed by atoms with Crippen molar-refractivity contribution >= 4 is 17.9 Å². The number of carbonyl (C=O) groups excluding carboxylic acids is 1. The summed E-state index contributed by atoms with van der Waals surface area (Å²) in [5.41, 5.74) is 5.53. The van der Waals surface area contributed by atoms with E-state index in [2.05, 4.69) is 35.8 Å². The van der Waals surface area contributed by atoms with E-state index in [1.165, 1.54) is 26.4 Å². The van der Waals surface area contributed by atoms with Gasteiger partial charge in [-0.15, -0.1) is 0 Å². The fourth-order valence-electron chi connectivity index (χ4n) is 1.88. The van der Waals surface area contributed by atoms with E-state index in [1.54, 1.807) is 0 Å². The summed E-state index contributed by atoms with van der Waals surface area (Å²) in [6, 6.07) is 0. The van der Waals surface area contributed by atoms with E-state index in [9.17, 15) is 9.59 Å². The van der Waals surface area contributed by atoms with Crippen molar-refractivity contribution in [1.29, 1.82) is 0 Å². The molecule has 0 saturated heterocycles. The van der Waals surface area contributed by atoms with Crippen LogP contribution in [0.3, 0.4) is 0 Å². The van der Waals surface area contributed by atoms with E-state index in [4.69, 9.17) is 10.8 Å². The van der Waals surface area contributed by atoms with Gasteiger partial charge in [-0.05, 0) is 24.7 Å². The molecular formula is C18H37N3O4. The van der Waals surface area contributed by atoms with E-state index in [0.29, 0.717) is 12.3 Å². The summed E-state index contributed by atoms with van der Waals surface area (Å²) in [7, 11) is 1.40. The summed E-state index contributed by atoms with van der Waals surface area (Å²) in [4.78, 5) is 24.2. The highest BCUT2D eigenvalue weighted by molar-refractivity contribution is 5.80. The summed E-state index contributed by atoms with van der Waals surface area (Å²) in [6.45, 7) is 9.14. The zero-order valence-corrected chi connectivity index (χ0v) is 16.5. The zero-order chi connectivity index (χ0) is 19.7. The minimum atomic E-state index is -0.971. The van der Waals surface area contributed by atoms with Gasteiger partial charge in [0.1, 0.15) is 6.54 Å². The number of hydrogen-bond acceptors (Lipinski definition) is 4. The minimum absolute atomic E-state index is 0.123.